The van der Waals surface area contributed by atoms with E-state index in [9.17, 15) is 10.0 Å². The third-order valence-electron chi connectivity index (χ3n) is 5.53. The van der Waals surface area contributed by atoms with Crippen LogP contribution in [0, 0.1) is 20.8 Å². The number of aryl methyl sites for hydroxylation is 3. The Balaban J connectivity index is 1.80. The number of likely N-dealkylation sites (tertiary alicyclic amines) is 1. The summed E-state index contributed by atoms with van der Waals surface area (Å²) >= 11 is 0. The van der Waals surface area contributed by atoms with Crippen LogP contribution in [0.4, 0.5) is 0 Å². The molecular formula is C23H30N2O2. The first kappa shape index (κ1) is 19.6. The third kappa shape index (κ3) is 4.76. The summed E-state index contributed by atoms with van der Waals surface area (Å²) in [5, 5.41) is 11.8. The number of hydroxylamine groups is 2. The molecule has 0 saturated carbocycles. The van der Waals surface area contributed by atoms with E-state index in [0.29, 0.717) is 6.54 Å². The van der Waals surface area contributed by atoms with Gasteiger partial charge in [-0.15, -0.1) is 0 Å². The molecule has 3 rings (SSSR count). The van der Waals surface area contributed by atoms with Gasteiger partial charge in [0.05, 0.1) is 12.5 Å². The van der Waals surface area contributed by atoms with Gasteiger partial charge in [0.2, 0.25) is 0 Å². The van der Waals surface area contributed by atoms with Crippen molar-refractivity contribution in [3.05, 3.63) is 70.3 Å². The van der Waals surface area contributed by atoms with E-state index in [4.69, 9.17) is 0 Å². The molecule has 1 heterocycles. The molecule has 1 aliphatic heterocycles. The quantitative estimate of drug-likeness (QED) is 0.615. The molecule has 144 valence electrons. The first-order valence-corrected chi connectivity index (χ1v) is 9.80. The molecule has 1 N–H and O–H groups in total. The normalized spacial score (nSPS) is 15.7. The Labute approximate surface area is 162 Å². The second kappa shape index (κ2) is 8.68. The minimum Gasteiger partial charge on any atom is -0.301 e. The van der Waals surface area contributed by atoms with Crippen molar-refractivity contribution in [2.24, 2.45) is 0 Å². The molecule has 1 saturated heterocycles. The monoisotopic (exact) mass is 366 g/mol. The first-order valence-electron chi connectivity index (χ1n) is 9.80. The molecule has 2 aromatic carbocycles. The molecule has 1 unspecified atom stereocenters. The van der Waals surface area contributed by atoms with Crippen molar-refractivity contribution in [2.75, 3.05) is 19.6 Å². The standard InChI is InChI=1S/C23H30N2O2/c1-17-13-18(2)21(19(3)14-17)15-23(26)25(27)22(16-24-11-7-8-12-24)20-9-5-4-6-10-20/h4-6,9-10,13-14,22,27H,7-8,11-12,15-16H2,1-3H3. The van der Waals surface area contributed by atoms with E-state index in [1.165, 1.54) is 18.4 Å². The van der Waals surface area contributed by atoms with Crippen LogP contribution >= 0.6 is 0 Å². The molecule has 0 radical (unpaired) electrons. The van der Waals surface area contributed by atoms with Crippen LogP contribution in [0.3, 0.4) is 0 Å². The fourth-order valence-electron chi connectivity index (χ4n) is 4.10. The number of rotatable bonds is 6. The molecule has 0 bridgehead atoms. The number of amides is 1. The Morgan fingerprint density at radius 2 is 1.67 bits per heavy atom. The zero-order valence-electron chi connectivity index (χ0n) is 16.6. The van der Waals surface area contributed by atoms with E-state index in [1.54, 1.807) is 0 Å². The molecule has 1 aliphatic rings. The summed E-state index contributed by atoms with van der Waals surface area (Å²) in [6, 6.07) is 13.7. The largest absolute Gasteiger partial charge is 0.301 e. The highest BCUT2D eigenvalue weighted by Gasteiger charge is 2.27. The topological polar surface area (TPSA) is 43.8 Å². The minimum absolute atomic E-state index is 0.220. The summed E-state index contributed by atoms with van der Waals surface area (Å²) in [6.07, 6.45) is 2.59. The number of hydrogen-bond acceptors (Lipinski definition) is 3. The SMILES string of the molecule is Cc1cc(C)c(CC(=O)N(O)C(CN2CCCC2)c2ccccc2)c(C)c1. The van der Waals surface area contributed by atoms with Crippen molar-refractivity contribution >= 4 is 5.91 Å². The smallest absolute Gasteiger partial charge is 0.250 e. The van der Waals surface area contributed by atoms with Gasteiger partial charge in [-0.1, -0.05) is 48.0 Å². The summed E-state index contributed by atoms with van der Waals surface area (Å²) in [5.41, 5.74) is 5.38. The van der Waals surface area contributed by atoms with Crippen LogP contribution in [0.15, 0.2) is 42.5 Å². The van der Waals surface area contributed by atoms with Crippen LogP contribution in [-0.2, 0) is 11.2 Å². The van der Waals surface area contributed by atoms with E-state index in [1.807, 2.05) is 44.2 Å². The van der Waals surface area contributed by atoms with Crippen LogP contribution < -0.4 is 0 Å². The lowest BCUT2D eigenvalue weighted by atomic mass is 9.96. The van der Waals surface area contributed by atoms with Gasteiger partial charge in [-0.2, -0.15) is 0 Å². The van der Waals surface area contributed by atoms with Gasteiger partial charge in [-0.25, -0.2) is 5.06 Å². The lowest BCUT2D eigenvalue weighted by molar-refractivity contribution is -0.177. The van der Waals surface area contributed by atoms with Crippen molar-refractivity contribution in [2.45, 2.75) is 46.1 Å². The fraction of sp³-hybridized carbons (Fsp3) is 0.435. The molecule has 2 aromatic rings. The minimum atomic E-state index is -0.345. The zero-order chi connectivity index (χ0) is 19.4. The van der Waals surface area contributed by atoms with Crippen molar-refractivity contribution in [3.63, 3.8) is 0 Å². The van der Waals surface area contributed by atoms with Gasteiger partial charge in [-0.05, 0) is 69.0 Å². The van der Waals surface area contributed by atoms with E-state index in [-0.39, 0.29) is 18.4 Å². The third-order valence-corrected chi connectivity index (χ3v) is 5.53. The molecule has 27 heavy (non-hydrogen) atoms. The summed E-state index contributed by atoms with van der Waals surface area (Å²) in [7, 11) is 0. The lowest BCUT2D eigenvalue weighted by Crippen LogP contribution is -2.39. The van der Waals surface area contributed by atoms with Gasteiger partial charge >= 0.3 is 0 Å². The summed E-state index contributed by atoms with van der Waals surface area (Å²) < 4.78 is 0. The zero-order valence-corrected chi connectivity index (χ0v) is 16.6. The molecule has 4 nitrogen and oxygen atoms in total. The van der Waals surface area contributed by atoms with Gasteiger partial charge in [0, 0.05) is 6.54 Å². The highest BCUT2D eigenvalue weighted by atomic mass is 16.5. The fourth-order valence-corrected chi connectivity index (χ4v) is 4.10. The summed E-state index contributed by atoms with van der Waals surface area (Å²) in [5.74, 6) is -0.252. The Hall–Kier alpha value is -2.17. The van der Waals surface area contributed by atoms with Crippen molar-refractivity contribution in [3.8, 4) is 0 Å². The molecule has 1 fully saturated rings. The van der Waals surface area contributed by atoms with Crippen molar-refractivity contribution in [1.82, 2.24) is 9.96 Å². The van der Waals surface area contributed by atoms with E-state index < -0.39 is 0 Å². The van der Waals surface area contributed by atoms with Crippen LogP contribution in [0.25, 0.3) is 0 Å². The second-order valence-electron chi connectivity index (χ2n) is 7.73. The lowest BCUT2D eigenvalue weighted by Gasteiger charge is -2.30. The van der Waals surface area contributed by atoms with Crippen molar-refractivity contribution < 1.29 is 10.0 Å². The Bertz CT molecular complexity index is 759. The van der Waals surface area contributed by atoms with E-state index in [0.717, 1.165) is 40.4 Å². The van der Waals surface area contributed by atoms with E-state index >= 15 is 0 Å². The van der Waals surface area contributed by atoms with Gasteiger partial charge in [0.15, 0.2) is 0 Å². The highest BCUT2D eigenvalue weighted by Crippen LogP contribution is 2.25. The van der Waals surface area contributed by atoms with Gasteiger partial charge in [-0.3, -0.25) is 10.0 Å². The molecular weight excluding hydrogens is 336 g/mol. The highest BCUT2D eigenvalue weighted by molar-refractivity contribution is 5.79. The first-order chi connectivity index (χ1) is 13.0. The maximum atomic E-state index is 12.9. The number of carbonyl (C=O) groups is 1. The maximum Gasteiger partial charge on any atom is 0.250 e. The molecule has 0 aromatic heterocycles. The van der Waals surface area contributed by atoms with Gasteiger partial charge in [0.25, 0.3) is 5.91 Å². The molecule has 0 aliphatic carbocycles. The summed E-state index contributed by atoms with van der Waals surface area (Å²) in [4.78, 5) is 15.3. The predicted octanol–water partition coefficient (Wildman–Crippen LogP) is 4.21. The average molecular weight is 367 g/mol. The van der Waals surface area contributed by atoms with E-state index in [2.05, 4.69) is 24.0 Å². The molecule has 0 spiro atoms. The average Bonchev–Trinajstić information content (AvgIpc) is 3.16. The maximum absolute atomic E-state index is 12.9. The molecule has 4 heteroatoms. The number of nitrogens with zero attached hydrogens (tertiary/aromatic N) is 2. The molecule has 1 amide bonds. The molecule has 1 atom stereocenters. The van der Waals surface area contributed by atoms with Gasteiger partial charge < -0.3 is 4.90 Å². The van der Waals surface area contributed by atoms with Crippen LogP contribution in [0.5, 0.6) is 0 Å². The Morgan fingerprint density at radius 1 is 1.07 bits per heavy atom. The number of carbonyl (C=O) groups excluding carboxylic acids is 1. The second-order valence-corrected chi connectivity index (χ2v) is 7.73. The number of benzene rings is 2. The predicted molar refractivity (Wildman–Crippen MR) is 108 cm³/mol. The van der Waals surface area contributed by atoms with Crippen LogP contribution in [0.1, 0.15) is 46.7 Å². The van der Waals surface area contributed by atoms with Gasteiger partial charge in [0.1, 0.15) is 0 Å². The van der Waals surface area contributed by atoms with Crippen LogP contribution in [-0.4, -0.2) is 40.7 Å². The Kier molecular flexibility index (Phi) is 6.30. The van der Waals surface area contributed by atoms with Crippen LogP contribution in [0.2, 0.25) is 0 Å². The van der Waals surface area contributed by atoms with Crippen molar-refractivity contribution in [1.29, 1.82) is 0 Å². The Morgan fingerprint density at radius 3 is 2.26 bits per heavy atom. The summed E-state index contributed by atoms with van der Waals surface area (Å²) in [6.45, 7) is 8.85. The number of hydrogen-bond donors (Lipinski definition) is 1.